The second-order valence-corrected chi connectivity index (χ2v) is 5.13. The molecule has 1 aliphatic heterocycles. The van der Waals surface area contributed by atoms with Crippen LogP contribution in [-0.4, -0.2) is 24.2 Å². The van der Waals surface area contributed by atoms with E-state index in [0.29, 0.717) is 5.41 Å². The molecule has 1 saturated carbocycles. The van der Waals surface area contributed by atoms with Gasteiger partial charge in [0.05, 0.1) is 5.56 Å². The van der Waals surface area contributed by atoms with Crippen LogP contribution in [0.15, 0.2) is 18.3 Å². The summed E-state index contributed by atoms with van der Waals surface area (Å²) in [6.45, 7) is 1.98. The molecule has 98 valence electrons. The van der Waals surface area contributed by atoms with Crippen molar-refractivity contribution in [2.24, 2.45) is 5.41 Å². The standard InChI is InChI=1S/C12H13F3N2O/c13-12(14,15)8-1-2-17-10(3-8)18-9-4-11(5-9)6-16-7-11/h1-3,9,16H,4-7H2. The zero-order chi connectivity index (χ0) is 12.8. The molecule has 3 nitrogen and oxygen atoms in total. The van der Waals surface area contributed by atoms with Gasteiger partial charge in [0.15, 0.2) is 0 Å². The van der Waals surface area contributed by atoms with Crippen molar-refractivity contribution in [3.05, 3.63) is 23.9 Å². The summed E-state index contributed by atoms with van der Waals surface area (Å²) >= 11 is 0. The summed E-state index contributed by atoms with van der Waals surface area (Å²) in [4.78, 5) is 3.83. The first-order valence-electron chi connectivity index (χ1n) is 5.88. The molecule has 0 amide bonds. The van der Waals surface area contributed by atoms with Crippen molar-refractivity contribution < 1.29 is 17.9 Å². The van der Waals surface area contributed by atoms with E-state index < -0.39 is 11.7 Å². The summed E-state index contributed by atoms with van der Waals surface area (Å²) in [5.41, 5.74) is -0.376. The minimum atomic E-state index is -4.35. The van der Waals surface area contributed by atoms with E-state index in [9.17, 15) is 13.2 Å². The highest BCUT2D eigenvalue weighted by Crippen LogP contribution is 2.45. The SMILES string of the molecule is FC(F)(F)c1ccnc(OC2CC3(CNC3)C2)c1. The highest BCUT2D eigenvalue weighted by molar-refractivity contribution is 5.23. The van der Waals surface area contributed by atoms with Crippen LogP contribution in [0.2, 0.25) is 0 Å². The van der Waals surface area contributed by atoms with Gasteiger partial charge in [-0.2, -0.15) is 13.2 Å². The van der Waals surface area contributed by atoms with Crippen molar-refractivity contribution in [1.29, 1.82) is 0 Å². The first kappa shape index (κ1) is 11.8. The average molecular weight is 258 g/mol. The van der Waals surface area contributed by atoms with Crippen molar-refractivity contribution in [2.75, 3.05) is 13.1 Å². The van der Waals surface area contributed by atoms with E-state index in [2.05, 4.69) is 10.3 Å². The number of halogens is 3. The molecule has 0 unspecified atom stereocenters. The van der Waals surface area contributed by atoms with Crippen LogP contribution < -0.4 is 10.1 Å². The maximum Gasteiger partial charge on any atom is 0.416 e. The van der Waals surface area contributed by atoms with Gasteiger partial charge in [-0.3, -0.25) is 0 Å². The molecular weight excluding hydrogens is 245 g/mol. The fourth-order valence-corrected chi connectivity index (χ4v) is 2.58. The van der Waals surface area contributed by atoms with E-state index in [1.165, 1.54) is 0 Å². The van der Waals surface area contributed by atoms with Crippen molar-refractivity contribution in [3.8, 4) is 5.88 Å². The van der Waals surface area contributed by atoms with Crippen LogP contribution in [0.25, 0.3) is 0 Å². The number of nitrogens with one attached hydrogen (secondary N) is 1. The van der Waals surface area contributed by atoms with Gasteiger partial charge in [-0.15, -0.1) is 0 Å². The van der Waals surface area contributed by atoms with E-state index in [4.69, 9.17) is 4.74 Å². The average Bonchev–Trinajstić information content (AvgIpc) is 2.19. The largest absolute Gasteiger partial charge is 0.474 e. The maximum absolute atomic E-state index is 12.5. The summed E-state index contributed by atoms with van der Waals surface area (Å²) in [6.07, 6.45) is -1.41. The summed E-state index contributed by atoms with van der Waals surface area (Å²) in [5, 5.41) is 3.20. The number of rotatable bonds is 2. The Labute approximate surface area is 102 Å². The highest BCUT2D eigenvalue weighted by atomic mass is 19.4. The van der Waals surface area contributed by atoms with Crippen LogP contribution in [0.1, 0.15) is 18.4 Å². The van der Waals surface area contributed by atoms with Crippen LogP contribution in [0.5, 0.6) is 5.88 Å². The third-order valence-corrected chi connectivity index (χ3v) is 3.67. The monoisotopic (exact) mass is 258 g/mol. The minimum Gasteiger partial charge on any atom is -0.474 e. The lowest BCUT2D eigenvalue weighted by atomic mass is 9.63. The molecule has 18 heavy (non-hydrogen) atoms. The Kier molecular flexibility index (Phi) is 2.52. The topological polar surface area (TPSA) is 34.1 Å². The van der Waals surface area contributed by atoms with Gasteiger partial charge in [0.2, 0.25) is 5.88 Å². The predicted octanol–water partition coefficient (Wildman–Crippen LogP) is 2.23. The summed E-state index contributed by atoms with van der Waals surface area (Å²) < 4.78 is 43.0. The Morgan fingerprint density at radius 1 is 1.33 bits per heavy atom. The molecule has 2 fully saturated rings. The fraction of sp³-hybridized carbons (Fsp3) is 0.583. The molecule has 1 aromatic heterocycles. The number of hydrogen-bond donors (Lipinski definition) is 1. The van der Waals surface area contributed by atoms with Crippen molar-refractivity contribution in [1.82, 2.24) is 10.3 Å². The van der Waals surface area contributed by atoms with Gasteiger partial charge >= 0.3 is 6.18 Å². The van der Waals surface area contributed by atoms with Crippen molar-refractivity contribution in [2.45, 2.75) is 25.1 Å². The predicted molar refractivity (Wildman–Crippen MR) is 58.2 cm³/mol. The van der Waals surface area contributed by atoms with Gasteiger partial charge in [-0.05, 0) is 18.9 Å². The second kappa shape index (κ2) is 3.85. The van der Waals surface area contributed by atoms with Crippen LogP contribution in [0.3, 0.4) is 0 Å². The quantitative estimate of drug-likeness (QED) is 0.883. The summed E-state index contributed by atoms with van der Waals surface area (Å²) in [7, 11) is 0. The molecule has 0 aromatic carbocycles. The molecule has 1 saturated heterocycles. The first-order valence-corrected chi connectivity index (χ1v) is 5.88. The molecule has 2 aliphatic rings. The van der Waals surface area contributed by atoms with E-state index in [1.54, 1.807) is 0 Å². The van der Waals surface area contributed by atoms with Crippen LogP contribution in [-0.2, 0) is 6.18 Å². The normalized spacial score (nSPS) is 22.4. The lowest BCUT2D eigenvalue weighted by molar-refractivity contribution is -0.138. The summed E-state index contributed by atoms with van der Waals surface area (Å²) in [5.74, 6) is 0.0666. The number of pyridine rings is 1. The molecule has 2 heterocycles. The smallest absolute Gasteiger partial charge is 0.416 e. The van der Waals surface area contributed by atoms with E-state index >= 15 is 0 Å². The van der Waals surface area contributed by atoms with Crippen molar-refractivity contribution in [3.63, 3.8) is 0 Å². The molecule has 3 rings (SSSR count). The van der Waals surface area contributed by atoms with E-state index in [0.717, 1.165) is 44.3 Å². The van der Waals surface area contributed by atoms with Gasteiger partial charge in [-0.1, -0.05) is 0 Å². The fourth-order valence-electron chi connectivity index (χ4n) is 2.58. The number of hydrogen-bond acceptors (Lipinski definition) is 3. The molecule has 1 N–H and O–H groups in total. The zero-order valence-corrected chi connectivity index (χ0v) is 9.63. The maximum atomic E-state index is 12.5. The minimum absolute atomic E-state index is 0.00286. The van der Waals surface area contributed by atoms with E-state index in [1.807, 2.05) is 0 Å². The molecule has 0 atom stereocenters. The number of aromatic nitrogens is 1. The molecule has 0 radical (unpaired) electrons. The number of alkyl halides is 3. The Morgan fingerprint density at radius 2 is 2.06 bits per heavy atom. The first-order chi connectivity index (χ1) is 8.47. The Bertz CT molecular complexity index is 449. The second-order valence-electron chi connectivity index (χ2n) is 5.13. The molecule has 1 aliphatic carbocycles. The van der Waals surface area contributed by atoms with Crippen LogP contribution in [0, 0.1) is 5.41 Å². The van der Waals surface area contributed by atoms with Crippen LogP contribution >= 0.6 is 0 Å². The molecule has 1 spiro atoms. The van der Waals surface area contributed by atoms with Gasteiger partial charge in [-0.25, -0.2) is 4.98 Å². The number of nitrogens with zero attached hydrogens (tertiary/aromatic N) is 1. The Balaban J connectivity index is 1.63. The van der Waals surface area contributed by atoms with Gasteiger partial charge < -0.3 is 10.1 Å². The molecular formula is C12H13F3N2O. The summed E-state index contributed by atoms with van der Waals surface area (Å²) in [6, 6.07) is 1.91. The van der Waals surface area contributed by atoms with E-state index in [-0.39, 0.29) is 12.0 Å². The Hall–Kier alpha value is -1.30. The third-order valence-electron chi connectivity index (χ3n) is 3.67. The highest BCUT2D eigenvalue weighted by Gasteiger charge is 2.49. The van der Waals surface area contributed by atoms with Crippen molar-refractivity contribution >= 4 is 0 Å². The van der Waals surface area contributed by atoms with Gasteiger partial charge in [0.1, 0.15) is 6.10 Å². The molecule has 0 bridgehead atoms. The van der Waals surface area contributed by atoms with Gasteiger partial charge in [0.25, 0.3) is 0 Å². The lowest BCUT2D eigenvalue weighted by Gasteiger charge is -2.53. The zero-order valence-electron chi connectivity index (χ0n) is 9.63. The number of ether oxygens (including phenoxy) is 1. The lowest BCUT2D eigenvalue weighted by Crippen LogP contribution is -2.62. The molecule has 1 aromatic rings. The Morgan fingerprint density at radius 3 is 2.61 bits per heavy atom. The molecule has 6 heteroatoms. The third kappa shape index (κ3) is 2.05. The van der Waals surface area contributed by atoms with Gasteiger partial charge in [0, 0.05) is 30.8 Å². The van der Waals surface area contributed by atoms with Crippen LogP contribution in [0.4, 0.5) is 13.2 Å².